The number of hydrogen-bond acceptors (Lipinski definition) is 3. The summed E-state index contributed by atoms with van der Waals surface area (Å²) in [5.74, 6) is 4.97. The van der Waals surface area contributed by atoms with Gasteiger partial charge in [-0.3, -0.25) is 4.79 Å². The fourth-order valence-electron chi connectivity index (χ4n) is 10.8. The Balaban J connectivity index is 1.15. The second-order valence-corrected chi connectivity index (χ2v) is 17.4. The number of carbonyl (C=O) groups is 1. The SMILES string of the molecule is CC/C=C\C/C=C\C/C=C\C/C=C\C=C\C(O)CCCC(=O)O[C@H]1CC[C@@]2(C)C(=CC[C@H]3[C@@H]4CC[C@H]([C@H](C)CCCC(C)C)[C@@]4(C)CC[C@@H]32)C1. The van der Waals surface area contributed by atoms with Crippen LogP contribution in [-0.4, -0.2) is 23.3 Å². The van der Waals surface area contributed by atoms with Crippen LogP contribution in [0.5, 0.6) is 0 Å². The number of ether oxygens (including phenoxy) is 1. The third-order valence-electron chi connectivity index (χ3n) is 13.6. The van der Waals surface area contributed by atoms with Crippen molar-refractivity contribution < 1.29 is 14.6 Å². The molecule has 0 aromatic carbocycles. The van der Waals surface area contributed by atoms with Gasteiger partial charge in [0.15, 0.2) is 0 Å². The number of rotatable bonds is 19. The van der Waals surface area contributed by atoms with Crippen molar-refractivity contribution in [1.82, 2.24) is 0 Å². The minimum atomic E-state index is -0.536. The standard InChI is InChI=1S/C47H74O3/c1-7-8-9-10-11-12-13-14-15-16-17-18-19-24-39(48)25-21-26-45(49)50-40-31-33-46(5)38(35-40)27-28-41-43-30-29-42(37(4)23-20-22-36(2)3)47(43,6)34-32-44(41)46/h8-9,11-12,14-15,17-19,24,27,36-37,39-44,48H,7,10,13,16,20-23,25-26,28-35H2,1-6H3/b9-8-,12-11-,15-14-,18-17-,24-19+/t37-,39?,40+,41+,42-,43+,44+,46+,47-/m1/s1. The molecule has 0 aromatic rings. The number of fused-ring (bicyclic) bond motifs is 5. The van der Waals surface area contributed by atoms with E-state index < -0.39 is 6.10 Å². The summed E-state index contributed by atoms with van der Waals surface area (Å²) < 4.78 is 6.05. The highest BCUT2D eigenvalue weighted by molar-refractivity contribution is 5.69. The van der Waals surface area contributed by atoms with Gasteiger partial charge >= 0.3 is 5.97 Å². The molecule has 9 atom stereocenters. The summed E-state index contributed by atoms with van der Waals surface area (Å²) in [4.78, 5) is 12.8. The molecule has 0 saturated heterocycles. The van der Waals surface area contributed by atoms with Gasteiger partial charge < -0.3 is 9.84 Å². The highest BCUT2D eigenvalue weighted by atomic mass is 16.5. The van der Waals surface area contributed by atoms with Crippen LogP contribution >= 0.6 is 0 Å². The zero-order valence-electron chi connectivity index (χ0n) is 33.0. The Kier molecular flexibility index (Phi) is 16.4. The second-order valence-electron chi connectivity index (χ2n) is 17.4. The first-order valence-electron chi connectivity index (χ1n) is 20.9. The molecule has 0 aliphatic heterocycles. The van der Waals surface area contributed by atoms with Gasteiger partial charge in [-0.2, -0.15) is 0 Å². The maximum absolute atomic E-state index is 12.8. The largest absolute Gasteiger partial charge is 0.462 e. The minimum Gasteiger partial charge on any atom is -0.462 e. The maximum Gasteiger partial charge on any atom is 0.306 e. The van der Waals surface area contributed by atoms with E-state index in [0.29, 0.717) is 24.7 Å². The number of carbonyl (C=O) groups excluding carboxylic acids is 1. The molecular weight excluding hydrogens is 613 g/mol. The lowest BCUT2D eigenvalue weighted by molar-refractivity contribution is -0.151. The smallest absolute Gasteiger partial charge is 0.306 e. The van der Waals surface area contributed by atoms with Crippen LogP contribution in [0.15, 0.2) is 72.4 Å². The van der Waals surface area contributed by atoms with Gasteiger partial charge in [0.25, 0.3) is 0 Å². The predicted octanol–water partition coefficient (Wildman–Crippen LogP) is 12.8. The van der Waals surface area contributed by atoms with E-state index in [4.69, 9.17) is 4.74 Å². The molecule has 0 spiro atoms. The molecule has 3 nitrogen and oxygen atoms in total. The van der Waals surface area contributed by atoms with Crippen molar-refractivity contribution in [1.29, 1.82) is 0 Å². The number of allylic oxidation sites excluding steroid dienone is 10. The third-order valence-corrected chi connectivity index (χ3v) is 13.6. The minimum absolute atomic E-state index is 0.0118. The molecule has 0 bridgehead atoms. The molecule has 0 aromatic heterocycles. The van der Waals surface area contributed by atoms with Crippen molar-refractivity contribution in [2.75, 3.05) is 0 Å². The average molecular weight is 687 g/mol. The third kappa shape index (κ3) is 11.2. The normalized spacial score (nSPS) is 32.6. The topological polar surface area (TPSA) is 46.5 Å². The first-order chi connectivity index (χ1) is 24.1. The summed E-state index contributed by atoms with van der Waals surface area (Å²) in [6, 6.07) is 0. The van der Waals surface area contributed by atoms with Crippen LogP contribution in [0, 0.1) is 46.3 Å². The van der Waals surface area contributed by atoms with Gasteiger partial charge in [-0.25, -0.2) is 0 Å². The van der Waals surface area contributed by atoms with Crippen molar-refractivity contribution in [2.45, 2.75) is 169 Å². The van der Waals surface area contributed by atoms with E-state index in [0.717, 1.165) is 80.5 Å². The molecule has 4 aliphatic carbocycles. The Morgan fingerprint density at radius 2 is 1.58 bits per heavy atom. The predicted molar refractivity (Wildman–Crippen MR) is 213 cm³/mol. The first-order valence-corrected chi connectivity index (χ1v) is 20.9. The Morgan fingerprint density at radius 3 is 2.30 bits per heavy atom. The van der Waals surface area contributed by atoms with Gasteiger partial charge in [0, 0.05) is 12.8 Å². The van der Waals surface area contributed by atoms with Crippen molar-refractivity contribution in [2.24, 2.45) is 46.3 Å². The highest BCUT2D eigenvalue weighted by Crippen LogP contribution is 2.67. The summed E-state index contributed by atoms with van der Waals surface area (Å²) >= 11 is 0. The van der Waals surface area contributed by atoms with Crippen LogP contribution in [0.3, 0.4) is 0 Å². The van der Waals surface area contributed by atoms with Gasteiger partial charge in [-0.15, -0.1) is 0 Å². The van der Waals surface area contributed by atoms with Crippen LogP contribution in [0.2, 0.25) is 0 Å². The summed E-state index contributed by atoms with van der Waals surface area (Å²) in [7, 11) is 0. The van der Waals surface area contributed by atoms with Crippen LogP contribution < -0.4 is 0 Å². The number of aliphatic hydroxyl groups excluding tert-OH is 1. The number of aliphatic hydroxyl groups is 1. The van der Waals surface area contributed by atoms with E-state index in [2.05, 4.69) is 90.2 Å². The van der Waals surface area contributed by atoms with E-state index in [1.807, 2.05) is 18.2 Å². The van der Waals surface area contributed by atoms with Gasteiger partial charge in [0.05, 0.1) is 6.10 Å². The summed E-state index contributed by atoms with van der Waals surface area (Å²) in [5.41, 5.74) is 2.38. The van der Waals surface area contributed by atoms with E-state index in [1.165, 1.54) is 51.4 Å². The van der Waals surface area contributed by atoms with Crippen LogP contribution in [0.1, 0.15) is 157 Å². The lowest BCUT2D eigenvalue weighted by Gasteiger charge is -2.58. The van der Waals surface area contributed by atoms with Crippen molar-refractivity contribution >= 4 is 5.97 Å². The van der Waals surface area contributed by atoms with E-state index in [9.17, 15) is 9.90 Å². The molecular formula is C47H74O3. The molecule has 0 heterocycles. The molecule has 3 fully saturated rings. The van der Waals surface area contributed by atoms with Crippen LogP contribution in [0.25, 0.3) is 0 Å². The molecule has 0 amide bonds. The summed E-state index contributed by atoms with van der Waals surface area (Å²) in [5, 5.41) is 10.4. The van der Waals surface area contributed by atoms with Crippen molar-refractivity contribution in [3.05, 3.63) is 72.4 Å². The summed E-state index contributed by atoms with van der Waals surface area (Å²) in [6.07, 6.45) is 42.7. The molecule has 3 heteroatoms. The second kappa shape index (κ2) is 20.2. The summed E-state index contributed by atoms with van der Waals surface area (Å²) in [6.45, 7) is 14.7. The molecule has 0 radical (unpaired) electrons. The molecule has 4 aliphatic rings. The molecule has 1 unspecified atom stereocenters. The van der Waals surface area contributed by atoms with Gasteiger partial charge in [0.2, 0.25) is 0 Å². The Morgan fingerprint density at radius 1 is 0.860 bits per heavy atom. The Labute approximate surface area is 307 Å². The first kappa shape index (κ1) is 40.6. The molecule has 280 valence electrons. The zero-order chi connectivity index (χ0) is 36.0. The Bertz CT molecular complexity index is 1220. The Hall–Kier alpha value is -2.13. The van der Waals surface area contributed by atoms with Crippen LogP contribution in [-0.2, 0) is 9.53 Å². The van der Waals surface area contributed by atoms with E-state index in [1.54, 1.807) is 5.57 Å². The number of esters is 1. The quantitative estimate of drug-likeness (QED) is 0.0836. The van der Waals surface area contributed by atoms with Gasteiger partial charge in [-0.1, -0.05) is 133 Å². The van der Waals surface area contributed by atoms with Crippen molar-refractivity contribution in [3.8, 4) is 0 Å². The van der Waals surface area contributed by atoms with Gasteiger partial charge in [-0.05, 0) is 130 Å². The van der Waals surface area contributed by atoms with Crippen LogP contribution in [0.4, 0.5) is 0 Å². The fraction of sp³-hybridized carbons (Fsp3) is 0.723. The van der Waals surface area contributed by atoms with E-state index >= 15 is 0 Å². The van der Waals surface area contributed by atoms with Crippen molar-refractivity contribution in [3.63, 3.8) is 0 Å². The molecule has 3 saturated carbocycles. The zero-order valence-corrected chi connectivity index (χ0v) is 33.0. The highest BCUT2D eigenvalue weighted by Gasteiger charge is 2.59. The number of hydrogen-bond donors (Lipinski definition) is 1. The fourth-order valence-corrected chi connectivity index (χ4v) is 10.8. The monoisotopic (exact) mass is 687 g/mol. The van der Waals surface area contributed by atoms with E-state index in [-0.39, 0.29) is 17.5 Å². The average Bonchev–Trinajstić information content (AvgIpc) is 3.44. The maximum atomic E-state index is 12.8. The lowest BCUT2D eigenvalue weighted by atomic mass is 9.47. The molecule has 4 rings (SSSR count). The lowest BCUT2D eigenvalue weighted by Crippen LogP contribution is -2.51. The van der Waals surface area contributed by atoms with Gasteiger partial charge in [0.1, 0.15) is 6.10 Å². The molecule has 1 N–H and O–H groups in total. The molecule has 50 heavy (non-hydrogen) atoms.